The third-order valence-corrected chi connectivity index (χ3v) is 3.34. The van der Waals surface area contributed by atoms with Crippen molar-refractivity contribution in [3.05, 3.63) is 18.0 Å². The Morgan fingerprint density at radius 1 is 1.58 bits per heavy atom. The Kier molecular flexibility index (Phi) is 4.38. The fraction of sp³-hybridized carbons (Fsp3) is 0.583. The van der Waals surface area contributed by atoms with Gasteiger partial charge in [0.2, 0.25) is 0 Å². The molecule has 7 heteroatoms. The van der Waals surface area contributed by atoms with Crippen LogP contribution in [0.4, 0.5) is 4.79 Å². The average Bonchev–Trinajstić information content (AvgIpc) is 3.04. The van der Waals surface area contributed by atoms with E-state index in [2.05, 4.69) is 15.5 Å². The fourth-order valence-electron chi connectivity index (χ4n) is 2.24. The molecule has 0 radical (unpaired) electrons. The van der Waals surface area contributed by atoms with Crippen LogP contribution < -0.4 is 5.32 Å². The quantitative estimate of drug-likeness (QED) is 0.734. The second-order valence-electron chi connectivity index (χ2n) is 4.80. The molecule has 1 unspecified atom stereocenters. The lowest BCUT2D eigenvalue weighted by molar-refractivity contribution is -0.137. The van der Waals surface area contributed by atoms with Crippen LogP contribution in [0, 0.1) is 5.92 Å². The number of nitrogens with zero attached hydrogens (tertiary/aromatic N) is 2. The van der Waals surface area contributed by atoms with Crippen molar-refractivity contribution in [1.29, 1.82) is 0 Å². The number of urea groups is 1. The molecule has 1 fully saturated rings. The number of hydrogen-bond acceptors (Lipinski definition) is 3. The molecule has 0 bridgehead atoms. The first kappa shape index (κ1) is 13.4. The molecule has 1 aromatic rings. The third-order valence-electron chi connectivity index (χ3n) is 3.34. The topological polar surface area (TPSA) is 98.3 Å². The predicted molar refractivity (Wildman–Crippen MR) is 67.4 cm³/mol. The third kappa shape index (κ3) is 3.97. The van der Waals surface area contributed by atoms with E-state index in [0.717, 1.165) is 12.0 Å². The second kappa shape index (κ2) is 6.21. The van der Waals surface area contributed by atoms with Crippen LogP contribution in [0.1, 0.15) is 24.8 Å². The lowest BCUT2D eigenvalue weighted by atomic mass is 10.0. The highest BCUT2D eigenvalue weighted by atomic mass is 16.4. The number of carbonyl (C=O) groups excluding carboxylic acids is 1. The smallest absolute Gasteiger partial charge is 0.317 e. The standard InChI is InChI=1S/C12H18N4O3/c17-11(18)2-1-9-3-4-16(8-9)12(19)13-5-10-6-14-15-7-10/h6-7,9H,1-5,8H2,(H,13,19)(H,14,15)(H,17,18). The molecule has 19 heavy (non-hydrogen) atoms. The van der Waals surface area contributed by atoms with Gasteiger partial charge in [0.1, 0.15) is 0 Å². The van der Waals surface area contributed by atoms with Gasteiger partial charge in [0.15, 0.2) is 0 Å². The summed E-state index contributed by atoms with van der Waals surface area (Å²) in [7, 11) is 0. The molecule has 1 aliphatic heterocycles. The highest BCUT2D eigenvalue weighted by molar-refractivity contribution is 5.74. The van der Waals surface area contributed by atoms with Crippen LogP contribution in [-0.2, 0) is 11.3 Å². The van der Waals surface area contributed by atoms with Gasteiger partial charge < -0.3 is 15.3 Å². The van der Waals surface area contributed by atoms with Gasteiger partial charge in [-0.2, -0.15) is 5.10 Å². The van der Waals surface area contributed by atoms with Crippen molar-refractivity contribution in [3.63, 3.8) is 0 Å². The summed E-state index contributed by atoms with van der Waals surface area (Å²) in [5, 5.41) is 18.0. The van der Waals surface area contributed by atoms with Crippen LogP contribution in [-0.4, -0.2) is 45.3 Å². The Hall–Kier alpha value is -2.05. The van der Waals surface area contributed by atoms with Gasteiger partial charge in [0.25, 0.3) is 0 Å². The van der Waals surface area contributed by atoms with Crippen molar-refractivity contribution in [2.24, 2.45) is 5.92 Å². The maximum atomic E-state index is 11.9. The molecule has 1 aromatic heterocycles. The lowest BCUT2D eigenvalue weighted by Crippen LogP contribution is -2.38. The van der Waals surface area contributed by atoms with Gasteiger partial charge >= 0.3 is 12.0 Å². The summed E-state index contributed by atoms with van der Waals surface area (Å²) < 4.78 is 0. The van der Waals surface area contributed by atoms with E-state index in [1.54, 1.807) is 17.3 Å². The Bertz CT molecular complexity index is 432. The summed E-state index contributed by atoms with van der Waals surface area (Å²) in [5.74, 6) is -0.473. The molecule has 0 aliphatic carbocycles. The summed E-state index contributed by atoms with van der Waals surface area (Å²) in [6.07, 6.45) is 5.10. The number of carboxylic acids is 1. The van der Waals surface area contributed by atoms with E-state index in [4.69, 9.17) is 5.11 Å². The second-order valence-corrected chi connectivity index (χ2v) is 4.80. The molecule has 0 saturated carbocycles. The monoisotopic (exact) mass is 266 g/mol. The zero-order valence-corrected chi connectivity index (χ0v) is 10.6. The van der Waals surface area contributed by atoms with Crippen molar-refractivity contribution in [2.45, 2.75) is 25.8 Å². The number of H-pyrrole nitrogens is 1. The van der Waals surface area contributed by atoms with Crippen LogP contribution in [0.5, 0.6) is 0 Å². The summed E-state index contributed by atoms with van der Waals surface area (Å²) in [6.45, 7) is 1.79. The van der Waals surface area contributed by atoms with Crippen LogP contribution >= 0.6 is 0 Å². The van der Waals surface area contributed by atoms with Crippen LogP contribution in [0.3, 0.4) is 0 Å². The average molecular weight is 266 g/mol. The van der Waals surface area contributed by atoms with E-state index in [1.807, 2.05) is 0 Å². The van der Waals surface area contributed by atoms with E-state index in [1.165, 1.54) is 0 Å². The molecule has 2 amide bonds. The number of hydrogen-bond donors (Lipinski definition) is 3. The van der Waals surface area contributed by atoms with Gasteiger partial charge in [0, 0.05) is 37.8 Å². The minimum Gasteiger partial charge on any atom is -0.481 e. The summed E-state index contributed by atoms with van der Waals surface area (Å²) in [5.41, 5.74) is 0.926. The first-order chi connectivity index (χ1) is 9.15. The van der Waals surface area contributed by atoms with Gasteiger partial charge in [-0.1, -0.05) is 0 Å². The normalized spacial score (nSPS) is 18.5. The minimum atomic E-state index is -0.775. The molecule has 1 aliphatic rings. The van der Waals surface area contributed by atoms with Crippen LogP contribution in [0.25, 0.3) is 0 Å². The number of aliphatic carboxylic acids is 1. The van der Waals surface area contributed by atoms with Gasteiger partial charge in [0.05, 0.1) is 6.20 Å². The molecule has 2 heterocycles. The SMILES string of the molecule is O=C(O)CCC1CCN(C(=O)NCc2cn[nH]c2)C1. The van der Waals surface area contributed by atoms with Gasteiger partial charge in [-0.3, -0.25) is 9.89 Å². The number of nitrogens with one attached hydrogen (secondary N) is 2. The molecule has 1 saturated heterocycles. The largest absolute Gasteiger partial charge is 0.481 e. The number of carboxylic acid groups (broad SMARTS) is 1. The number of rotatable bonds is 5. The first-order valence-electron chi connectivity index (χ1n) is 6.37. The van der Waals surface area contributed by atoms with E-state index >= 15 is 0 Å². The number of carbonyl (C=O) groups is 2. The van der Waals surface area contributed by atoms with Crippen molar-refractivity contribution in [1.82, 2.24) is 20.4 Å². The van der Waals surface area contributed by atoms with E-state index in [0.29, 0.717) is 32.0 Å². The Morgan fingerprint density at radius 2 is 2.42 bits per heavy atom. The first-order valence-corrected chi connectivity index (χ1v) is 6.37. The highest BCUT2D eigenvalue weighted by Gasteiger charge is 2.26. The number of amides is 2. The zero-order valence-electron chi connectivity index (χ0n) is 10.6. The highest BCUT2D eigenvalue weighted by Crippen LogP contribution is 2.20. The Labute approximate surface area is 111 Å². The minimum absolute atomic E-state index is 0.0981. The zero-order chi connectivity index (χ0) is 13.7. The Balaban J connectivity index is 1.71. The van der Waals surface area contributed by atoms with Gasteiger partial charge in [-0.25, -0.2) is 4.79 Å². The summed E-state index contributed by atoms with van der Waals surface area (Å²) in [4.78, 5) is 24.1. The van der Waals surface area contributed by atoms with E-state index in [-0.39, 0.29) is 12.5 Å². The van der Waals surface area contributed by atoms with Crippen LogP contribution in [0.15, 0.2) is 12.4 Å². The molecule has 2 rings (SSSR count). The Morgan fingerprint density at radius 3 is 3.11 bits per heavy atom. The fourth-order valence-corrected chi connectivity index (χ4v) is 2.24. The van der Waals surface area contributed by atoms with E-state index in [9.17, 15) is 9.59 Å². The van der Waals surface area contributed by atoms with Crippen molar-refractivity contribution < 1.29 is 14.7 Å². The van der Waals surface area contributed by atoms with Gasteiger partial charge in [-0.15, -0.1) is 0 Å². The van der Waals surface area contributed by atoms with Crippen molar-refractivity contribution in [2.75, 3.05) is 13.1 Å². The van der Waals surface area contributed by atoms with E-state index < -0.39 is 5.97 Å². The molecule has 0 spiro atoms. The summed E-state index contributed by atoms with van der Waals surface area (Å²) >= 11 is 0. The molecule has 7 nitrogen and oxygen atoms in total. The molecule has 0 aromatic carbocycles. The maximum absolute atomic E-state index is 11.9. The maximum Gasteiger partial charge on any atom is 0.317 e. The summed E-state index contributed by atoms with van der Waals surface area (Å²) in [6, 6.07) is -0.0981. The van der Waals surface area contributed by atoms with Crippen molar-refractivity contribution >= 4 is 12.0 Å². The van der Waals surface area contributed by atoms with Crippen LogP contribution in [0.2, 0.25) is 0 Å². The molecular weight excluding hydrogens is 248 g/mol. The number of aromatic nitrogens is 2. The molecule has 3 N–H and O–H groups in total. The van der Waals surface area contributed by atoms with Crippen molar-refractivity contribution in [3.8, 4) is 0 Å². The number of aromatic amines is 1. The molecular formula is C12H18N4O3. The number of likely N-dealkylation sites (tertiary alicyclic amines) is 1. The van der Waals surface area contributed by atoms with Gasteiger partial charge in [-0.05, 0) is 18.8 Å². The molecule has 104 valence electrons. The predicted octanol–water partition coefficient (Wildman–Crippen LogP) is 0.806. The lowest BCUT2D eigenvalue weighted by Gasteiger charge is -2.17. The molecule has 1 atom stereocenters.